The van der Waals surface area contributed by atoms with Gasteiger partial charge >= 0.3 is 19.1 Å². The molecular weight excluding hydrogens is 627 g/mol. The van der Waals surface area contributed by atoms with Gasteiger partial charge in [-0.3, -0.25) is 0 Å². The molecule has 0 aromatic heterocycles. The van der Waals surface area contributed by atoms with E-state index in [1.807, 2.05) is 6.07 Å². The Morgan fingerprint density at radius 2 is 1.44 bits per heavy atom. The highest BCUT2D eigenvalue weighted by Gasteiger charge is 2.55. The van der Waals surface area contributed by atoms with Crippen LogP contribution in [0.3, 0.4) is 0 Å². The van der Waals surface area contributed by atoms with Crippen LogP contribution in [0.1, 0.15) is 123 Å². The van der Waals surface area contributed by atoms with Crippen LogP contribution < -0.4 is 15.3 Å². The lowest BCUT2D eigenvalue weighted by atomic mass is 9.63. The summed E-state index contributed by atoms with van der Waals surface area (Å²) in [5.74, 6) is -1.23. The van der Waals surface area contributed by atoms with E-state index >= 15 is 0 Å². The van der Waals surface area contributed by atoms with Gasteiger partial charge in [0.2, 0.25) is 0 Å². The maximum atomic E-state index is 13.3. The maximum Gasteiger partial charge on any atom is 0.495 e. The Hall–Kier alpha value is -3.30. The molecule has 4 aliphatic rings. The number of carbonyl (C=O) groups excluding carboxylic acids is 2. The largest absolute Gasteiger partial charge is 0.495 e. The van der Waals surface area contributed by atoms with Gasteiger partial charge in [0.15, 0.2) is 12.2 Å². The molecule has 0 N–H and O–H groups in total. The third-order valence-electron chi connectivity index (χ3n) is 12.2. The van der Waals surface area contributed by atoms with E-state index in [0.717, 1.165) is 73.7 Å². The number of nitrogens with zero attached hydrogens (tertiary/aromatic N) is 2. The van der Waals surface area contributed by atoms with E-state index in [4.69, 9.17) is 25.4 Å². The second kappa shape index (κ2) is 13.7. The Kier molecular flexibility index (Phi) is 9.99. The standard InChI is InChI=1S/C41H57BN2O6/c1-11-15-16-17-22-48-37(46)35-34(36(45)47-14-4)49-42(50-35)27-18-19-28-26(5)41(12-2,13-3)38-43(10)32-24-29-30(25-33(32)44(38)31(28)23-27)40(8,9)21-20-39(29,6)7/h18-19,23-25,34-35,38H,5,11-17,20-22H2,1-4,6-10H3/t34-,35-,38?/m0/s1. The minimum Gasteiger partial charge on any atom is -0.464 e. The Labute approximate surface area is 300 Å². The van der Waals surface area contributed by atoms with E-state index in [1.54, 1.807) is 6.92 Å². The molecular formula is C41H57BN2O6. The van der Waals surface area contributed by atoms with Crippen molar-refractivity contribution in [2.75, 3.05) is 30.1 Å². The van der Waals surface area contributed by atoms with Gasteiger partial charge in [0.1, 0.15) is 6.17 Å². The Balaban J connectivity index is 1.42. The first kappa shape index (κ1) is 36.5. The highest BCUT2D eigenvalue weighted by Crippen LogP contribution is 2.61. The summed E-state index contributed by atoms with van der Waals surface area (Å²) in [5.41, 5.74) is 9.20. The molecule has 1 unspecified atom stereocenters. The van der Waals surface area contributed by atoms with Gasteiger partial charge in [-0.1, -0.05) is 86.4 Å². The lowest BCUT2D eigenvalue weighted by Crippen LogP contribution is -2.55. The lowest BCUT2D eigenvalue weighted by molar-refractivity contribution is -0.163. The number of rotatable bonds is 11. The van der Waals surface area contributed by atoms with Crippen LogP contribution in [0.2, 0.25) is 0 Å². The molecule has 1 saturated heterocycles. The molecule has 3 atom stereocenters. The predicted molar refractivity (Wildman–Crippen MR) is 201 cm³/mol. The summed E-state index contributed by atoms with van der Waals surface area (Å²) in [6.45, 7) is 23.1. The van der Waals surface area contributed by atoms with Crippen molar-refractivity contribution in [3.05, 3.63) is 53.6 Å². The summed E-state index contributed by atoms with van der Waals surface area (Å²) in [4.78, 5) is 31.3. The molecule has 9 heteroatoms. The molecule has 6 rings (SSSR count). The van der Waals surface area contributed by atoms with Gasteiger partial charge in [-0.2, -0.15) is 0 Å². The monoisotopic (exact) mass is 684 g/mol. The van der Waals surface area contributed by atoms with Gasteiger partial charge in [-0.05, 0) is 90.2 Å². The van der Waals surface area contributed by atoms with Crippen LogP contribution in [0.5, 0.6) is 0 Å². The molecule has 270 valence electrons. The SMILES string of the molecule is C=C1c2ccc(B3O[C@H](C(=O)OCC)[C@@H](C(=O)OCCCCCC)O3)cc2N2c3cc4c(cc3N(C)C2C1(CC)CC)C(C)(C)CCC4(C)C. The summed E-state index contributed by atoms with van der Waals surface area (Å²) >= 11 is 0. The van der Waals surface area contributed by atoms with Crippen molar-refractivity contribution in [2.45, 2.75) is 136 Å². The highest BCUT2D eigenvalue weighted by molar-refractivity contribution is 6.62. The first-order valence-corrected chi connectivity index (χ1v) is 18.9. The van der Waals surface area contributed by atoms with Crippen molar-refractivity contribution in [2.24, 2.45) is 5.41 Å². The molecule has 0 radical (unpaired) electrons. The van der Waals surface area contributed by atoms with Gasteiger partial charge in [-0.25, -0.2) is 9.59 Å². The minimum absolute atomic E-state index is 0.0194. The van der Waals surface area contributed by atoms with Gasteiger partial charge in [0.25, 0.3) is 0 Å². The quantitative estimate of drug-likeness (QED) is 0.134. The zero-order valence-corrected chi connectivity index (χ0v) is 31.8. The van der Waals surface area contributed by atoms with E-state index in [1.165, 1.54) is 22.5 Å². The molecule has 2 aromatic rings. The number of fused-ring (bicyclic) bond motifs is 6. The summed E-state index contributed by atoms with van der Waals surface area (Å²) in [6.07, 6.45) is 5.66. The minimum atomic E-state index is -1.22. The number of anilines is 3. The molecule has 2 aromatic carbocycles. The zero-order valence-electron chi connectivity index (χ0n) is 31.8. The van der Waals surface area contributed by atoms with E-state index < -0.39 is 31.3 Å². The molecule has 50 heavy (non-hydrogen) atoms. The fourth-order valence-corrected chi connectivity index (χ4v) is 8.96. The van der Waals surface area contributed by atoms with Crippen LogP contribution in [0.15, 0.2) is 36.9 Å². The Morgan fingerprint density at radius 3 is 2.02 bits per heavy atom. The predicted octanol–water partition coefficient (Wildman–Crippen LogP) is 7.95. The Morgan fingerprint density at radius 1 is 0.840 bits per heavy atom. The summed E-state index contributed by atoms with van der Waals surface area (Å²) in [5, 5.41) is 0. The zero-order chi connectivity index (χ0) is 36.2. The van der Waals surface area contributed by atoms with Gasteiger partial charge in [-0.15, -0.1) is 0 Å². The number of hydrogen-bond acceptors (Lipinski definition) is 8. The second-order valence-corrected chi connectivity index (χ2v) is 16.1. The molecule has 0 bridgehead atoms. The molecule has 3 heterocycles. The first-order valence-electron chi connectivity index (χ1n) is 18.9. The number of carbonyl (C=O) groups is 2. The van der Waals surface area contributed by atoms with Crippen LogP contribution in [0.25, 0.3) is 5.57 Å². The average Bonchev–Trinajstić information content (AvgIpc) is 3.67. The fraction of sp³-hybridized carbons (Fsp3) is 0.610. The molecule has 3 aliphatic heterocycles. The van der Waals surface area contributed by atoms with E-state index in [9.17, 15) is 9.59 Å². The summed E-state index contributed by atoms with van der Waals surface area (Å²) < 4.78 is 23.3. The molecule has 0 spiro atoms. The van der Waals surface area contributed by atoms with Crippen molar-refractivity contribution in [1.29, 1.82) is 0 Å². The van der Waals surface area contributed by atoms with Crippen molar-refractivity contribution in [1.82, 2.24) is 0 Å². The summed E-state index contributed by atoms with van der Waals surface area (Å²) in [7, 11) is 1.27. The molecule has 0 amide bonds. The highest BCUT2D eigenvalue weighted by atomic mass is 16.7. The number of esters is 2. The smallest absolute Gasteiger partial charge is 0.464 e. The van der Waals surface area contributed by atoms with Crippen LogP contribution >= 0.6 is 0 Å². The van der Waals surface area contributed by atoms with Crippen LogP contribution in [-0.2, 0) is 39.2 Å². The fourth-order valence-electron chi connectivity index (χ4n) is 8.96. The van der Waals surface area contributed by atoms with E-state index in [-0.39, 0.29) is 35.6 Å². The van der Waals surface area contributed by atoms with Crippen LogP contribution in [-0.4, -0.2) is 57.7 Å². The van der Waals surface area contributed by atoms with Crippen LogP contribution in [0, 0.1) is 5.41 Å². The van der Waals surface area contributed by atoms with Gasteiger partial charge in [0.05, 0.1) is 30.3 Å². The Bertz CT molecular complexity index is 1650. The molecule has 0 saturated carbocycles. The first-order chi connectivity index (χ1) is 23.8. The van der Waals surface area contributed by atoms with Crippen molar-refractivity contribution in [3.63, 3.8) is 0 Å². The number of hydrogen-bond donors (Lipinski definition) is 0. The van der Waals surface area contributed by atoms with E-state index in [0.29, 0.717) is 0 Å². The lowest BCUT2D eigenvalue weighted by Gasteiger charge is -2.51. The van der Waals surface area contributed by atoms with Crippen molar-refractivity contribution >= 4 is 47.2 Å². The van der Waals surface area contributed by atoms with Gasteiger partial charge < -0.3 is 28.6 Å². The van der Waals surface area contributed by atoms with Crippen molar-refractivity contribution in [3.8, 4) is 0 Å². The third-order valence-corrected chi connectivity index (χ3v) is 12.2. The number of ether oxygens (including phenoxy) is 2. The topological polar surface area (TPSA) is 77.5 Å². The van der Waals surface area contributed by atoms with Gasteiger partial charge in [0, 0.05) is 18.0 Å². The number of benzene rings is 2. The van der Waals surface area contributed by atoms with Crippen LogP contribution in [0.4, 0.5) is 17.1 Å². The molecule has 1 fully saturated rings. The third kappa shape index (κ3) is 5.86. The maximum absolute atomic E-state index is 13.3. The van der Waals surface area contributed by atoms with E-state index in [2.05, 4.69) is 89.6 Å². The van der Waals surface area contributed by atoms with Crippen molar-refractivity contribution < 1.29 is 28.4 Å². The second-order valence-electron chi connectivity index (χ2n) is 16.1. The summed E-state index contributed by atoms with van der Waals surface area (Å²) in [6, 6.07) is 11.1. The normalized spacial score (nSPS) is 24.0. The number of unbranched alkanes of at least 4 members (excludes halogenated alkanes) is 3. The molecule has 8 nitrogen and oxygen atoms in total. The molecule has 1 aliphatic carbocycles. The average molecular weight is 685 g/mol.